The molecule has 2 N–H and O–H groups in total. The second-order valence-electron chi connectivity index (χ2n) is 7.53. The first-order valence-corrected chi connectivity index (χ1v) is 12.0. The molecular formula is C26H19Br2N5O. The molecule has 3 aromatic rings. The molecule has 1 aliphatic heterocycles. The molecule has 0 spiro atoms. The Balaban J connectivity index is 1.53. The number of nitrogens with two attached hydrogens (primary N) is 1. The maximum Gasteiger partial charge on any atom is 0.127 e. The maximum absolute atomic E-state index is 9.81. The van der Waals surface area contributed by atoms with Gasteiger partial charge in [-0.25, -0.2) is 5.01 Å². The van der Waals surface area contributed by atoms with Gasteiger partial charge in [0.15, 0.2) is 0 Å². The molecule has 4 rings (SSSR count). The standard InChI is InChI=1S/C26H19Br2N5O/c27-20-9-8-18(24(28)13-20)16-34-22-10-6-17(7-11-22)12-19(14-29)25-23(15-30)26(31)33(32-25)21-4-2-1-3-5-21/h1-13,23,26H,16,31H2/b19-12-/t23-,26+/m1/s1. The van der Waals surface area contributed by atoms with Gasteiger partial charge in [0.1, 0.15) is 30.5 Å². The molecule has 0 unspecified atom stereocenters. The quantitative estimate of drug-likeness (QED) is 0.363. The van der Waals surface area contributed by atoms with Gasteiger partial charge in [-0.15, -0.1) is 0 Å². The van der Waals surface area contributed by atoms with Crippen LogP contribution in [0.15, 0.2) is 92.4 Å². The van der Waals surface area contributed by atoms with Crippen molar-refractivity contribution in [1.29, 1.82) is 10.5 Å². The molecule has 34 heavy (non-hydrogen) atoms. The Bertz CT molecular complexity index is 1320. The van der Waals surface area contributed by atoms with Crippen molar-refractivity contribution < 1.29 is 4.74 Å². The van der Waals surface area contributed by atoms with E-state index >= 15 is 0 Å². The van der Waals surface area contributed by atoms with Crippen LogP contribution in [-0.4, -0.2) is 11.9 Å². The fourth-order valence-corrected chi connectivity index (χ4v) is 4.67. The zero-order chi connectivity index (χ0) is 24.1. The van der Waals surface area contributed by atoms with Crippen LogP contribution >= 0.6 is 31.9 Å². The van der Waals surface area contributed by atoms with E-state index in [1.807, 2.05) is 72.8 Å². The van der Waals surface area contributed by atoms with Gasteiger partial charge in [-0.3, -0.25) is 0 Å². The highest BCUT2D eigenvalue weighted by Gasteiger charge is 2.37. The predicted molar refractivity (Wildman–Crippen MR) is 140 cm³/mol. The molecule has 0 saturated carbocycles. The van der Waals surface area contributed by atoms with E-state index in [2.05, 4.69) is 49.1 Å². The van der Waals surface area contributed by atoms with Crippen LogP contribution in [0.3, 0.4) is 0 Å². The van der Waals surface area contributed by atoms with Crippen molar-refractivity contribution in [3.8, 4) is 17.9 Å². The highest BCUT2D eigenvalue weighted by molar-refractivity contribution is 9.11. The number of ether oxygens (including phenoxy) is 1. The molecular weight excluding hydrogens is 558 g/mol. The van der Waals surface area contributed by atoms with E-state index in [9.17, 15) is 10.5 Å². The van der Waals surface area contributed by atoms with Gasteiger partial charge in [0.2, 0.25) is 0 Å². The van der Waals surface area contributed by atoms with Crippen LogP contribution in [0.2, 0.25) is 0 Å². The number of nitrogens with zero attached hydrogens (tertiary/aromatic N) is 4. The number of hydrogen-bond acceptors (Lipinski definition) is 6. The van der Waals surface area contributed by atoms with E-state index in [0.717, 1.165) is 25.8 Å². The van der Waals surface area contributed by atoms with Crippen molar-refractivity contribution >= 4 is 49.3 Å². The fraction of sp³-hybridized carbons (Fsp3) is 0.115. The summed E-state index contributed by atoms with van der Waals surface area (Å²) in [5.74, 6) is -0.0195. The van der Waals surface area contributed by atoms with Crippen molar-refractivity contribution in [2.45, 2.75) is 12.8 Å². The Morgan fingerprint density at radius 3 is 2.44 bits per heavy atom. The maximum atomic E-state index is 9.81. The lowest BCUT2D eigenvalue weighted by Crippen LogP contribution is -2.40. The van der Waals surface area contributed by atoms with Gasteiger partial charge in [0.25, 0.3) is 0 Å². The molecule has 0 bridgehead atoms. The highest BCUT2D eigenvalue weighted by Crippen LogP contribution is 2.29. The zero-order valence-electron chi connectivity index (χ0n) is 17.9. The molecule has 168 valence electrons. The van der Waals surface area contributed by atoms with E-state index in [1.165, 1.54) is 0 Å². The smallest absolute Gasteiger partial charge is 0.127 e. The minimum absolute atomic E-state index is 0.299. The van der Waals surface area contributed by atoms with Gasteiger partial charge in [-0.05, 0) is 48.0 Å². The molecule has 0 fully saturated rings. The van der Waals surface area contributed by atoms with Crippen molar-refractivity contribution in [3.63, 3.8) is 0 Å². The third-order valence-electron chi connectivity index (χ3n) is 5.29. The van der Waals surface area contributed by atoms with E-state index in [0.29, 0.717) is 23.6 Å². The number of nitriles is 2. The molecule has 0 aliphatic carbocycles. The molecule has 0 radical (unpaired) electrons. The zero-order valence-corrected chi connectivity index (χ0v) is 21.1. The molecule has 8 heteroatoms. The number of allylic oxidation sites excluding steroid dienone is 1. The Morgan fingerprint density at radius 2 is 1.79 bits per heavy atom. The van der Waals surface area contributed by atoms with Gasteiger partial charge in [-0.2, -0.15) is 15.6 Å². The van der Waals surface area contributed by atoms with Crippen LogP contribution in [0.25, 0.3) is 6.08 Å². The molecule has 3 aromatic carbocycles. The Labute approximate surface area is 214 Å². The van der Waals surface area contributed by atoms with Gasteiger partial charge in [0, 0.05) is 14.5 Å². The van der Waals surface area contributed by atoms with Crippen molar-refractivity contribution in [2.24, 2.45) is 16.8 Å². The normalized spacial score (nSPS) is 17.6. The first-order chi connectivity index (χ1) is 16.5. The summed E-state index contributed by atoms with van der Waals surface area (Å²) in [7, 11) is 0. The van der Waals surface area contributed by atoms with Crippen molar-refractivity contribution in [3.05, 3.63) is 98.4 Å². The minimum atomic E-state index is -0.724. The molecule has 6 nitrogen and oxygen atoms in total. The van der Waals surface area contributed by atoms with Crippen LogP contribution in [0.4, 0.5) is 5.69 Å². The van der Waals surface area contributed by atoms with E-state index in [4.69, 9.17) is 10.5 Å². The summed E-state index contributed by atoms with van der Waals surface area (Å²) >= 11 is 6.98. The molecule has 0 aromatic heterocycles. The first-order valence-electron chi connectivity index (χ1n) is 10.4. The summed E-state index contributed by atoms with van der Waals surface area (Å²) in [6.07, 6.45) is 1.03. The largest absolute Gasteiger partial charge is 0.489 e. The number of halogens is 2. The average Bonchev–Trinajstić information content (AvgIpc) is 3.19. The van der Waals surface area contributed by atoms with Crippen molar-refractivity contribution in [1.82, 2.24) is 0 Å². The number of benzene rings is 3. The fourth-order valence-electron chi connectivity index (χ4n) is 3.51. The van der Waals surface area contributed by atoms with Crippen LogP contribution in [-0.2, 0) is 6.61 Å². The van der Waals surface area contributed by atoms with Crippen LogP contribution in [0.1, 0.15) is 11.1 Å². The second kappa shape index (κ2) is 10.7. The number of rotatable bonds is 6. The summed E-state index contributed by atoms with van der Waals surface area (Å²) in [4.78, 5) is 0. The number of para-hydroxylation sites is 1. The summed E-state index contributed by atoms with van der Waals surface area (Å²) in [6, 6.07) is 27.1. The summed E-state index contributed by atoms with van der Waals surface area (Å²) in [5, 5.41) is 25.6. The summed E-state index contributed by atoms with van der Waals surface area (Å²) in [6.45, 7) is 0.417. The van der Waals surface area contributed by atoms with Gasteiger partial charge < -0.3 is 10.5 Å². The highest BCUT2D eigenvalue weighted by atomic mass is 79.9. The number of anilines is 1. The third-order valence-corrected chi connectivity index (χ3v) is 6.52. The molecule has 0 saturated heterocycles. The van der Waals surface area contributed by atoms with Crippen molar-refractivity contribution in [2.75, 3.05) is 5.01 Å². The lowest BCUT2D eigenvalue weighted by molar-refractivity contribution is 0.305. The molecule has 1 heterocycles. The predicted octanol–water partition coefficient (Wildman–Crippen LogP) is 6.00. The topological polar surface area (TPSA) is 98.4 Å². The first kappa shape index (κ1) is 23.7. The Morgan fingerprint density at radius 1 is 1.06 bits per heavy atom. The Hall–Kier alpha value is -3.43. The Kier molecular flexibility index (Phi) is 7.44. The van der Waals surface area contributed by atoms with Gasteiger partial charge in [0.05, 0.1) is 23.0 Å². The summed E-state index contributed by atoms with van der Waals surface area (Å²) < 4.78 is 7.85. The lowest BCUT2D eigenvalue weighted by Gasteiger charge is -2.21. The monoisotopic (exact) mass is 575 g/mol. The van der Waals surface area contributed by atoms with Crippen LogP contribution < -0.4 is 15.5 Å². The molecule has 1 aliphatic rings. The van der Waals surface area contributed by atoms with E-state index < -0.39 is 12.1 Å². The number of hydrazone groups is 1. The summed E-state index contributed by atoms with van der Waals surface area (Å²) in [5.41, 5.74) is 9.54. The third kappa shape index (κ3) is 5.21. The lowest BCUT2D eigenvalue weighted by atomic mass is 9.95. The minimum Gasteiger partial charge on any atom is -0.489 e. The second-order valence-corrected chi connectivity index (χ2v) is 9.30. The van der Waals surface area contributed by atoms with Crippen LogP contribution in [0.5, 0.6) is 5.75 Å². The van der Waals surface area contributed by atoms with E-state index in [1.54, 1.807) is 11.1 Å². The SMILES string of the molecule is N#C/C(=C/c1ccc(OCc2ccc(Br)cc2Br)cc1)C1=NN(c2ccccc2)[C@H](N)[C@@H]1C#N. The van der Waals surface area contributed by atoms with Crippen LogP contribution in [0, 0.1) is 28.6 Å². The van der Waals surface area contributed by atoms with Gasteiger partial charge in [-0.1, -0.05) is 68.3 Å². The molecule has 0 amide bonds. The number of hydrogen-bond donors (Lipinski definition) is 1. The average molecular weight is 577 g/mol. The van der Waals surface area contributed by atoms with E-state index in [-0.39, 0.29) is 0 Å². The van der Waals surface area contributed by atoms with Gasteiger partial charge >= 0.3 is 0 Å². The molecule has 2 atom stereocenters.